The first-order valence-corrected chi connectivity index (χ1v) is 7.12. The topological polar surface area (TPSA) is 69.2 Å². The van der Waals surface area contributed by atoms with Gasteiger partial charge in [0.1, 0.15) is 12.4 Å². The Kier molecular flexibility index (Phi) is 4.42. The normalized spacial score (nSPS) is 16.1. The van der Waals surface area contributed by atoms with Gasteiger partial charge in [-0.05, 0) is 24.3 Å². The molecule has 1 N–H and O–H groups in total. The third-order valence-electron chi connectivity index (χ3n) is 3.32. The quantitative estimate of drug-likeness (QED) is 0.692. The monoisotopic (exact) mass is 312 g/mol. The number of nitrogens with one attached hydrogen (secondary N) is 1. The Morgan fingerprint density at radius 1 is 1.22 bits per heavy atom. The van der Waals surface area contributed by atoms with Crippen molar-refractivity contribution >= 4 is 12.1 Å². The standard InChI is InChI=1S/C17H16N2O4/c1-21-13-7-3-2-6-12(13)10-18-19-17(20)16-11-22-14-8-4-5-9-15(14)23-16/h2-10,16H,11H2,1H3,(H,19,20)/b18-10-/t16-/m1/s1. The molecular formula is C17H16N2O4. The van der Waals surface area contributed by atoms with Crippen LogP contribution in [-0.4, -0.2) is 31.9 Å². The number of amides is 1. The van der Waals surface area contributed by atoms with Gasteiger partial charge in [-0.25, -0.2) is 5.43 Å². The minimum atomic E-state index is -0.736. The second-order valence-corrected chi connectivity index (χ2v) is 4.84. The molecule has 23 heavy (non-hydrogen) atoms. The number of hydrogen-bond acceptors (Lipinski definition) is 5. The van der Waals surface area contributed by atoms with Crippen LogP contribution in [0.3, 0.4) is 0 Å². The summed E-state index contributed by atoms with van der Waals surface area (Å²) in [7, 11) is 1.58. The van der Waals surface area contributed by atoms with Gasteiger partial charge in [-0.1, -0.05) is 24.3 Å². The number of ether oxygens (including phenoxy) is 3. The molecule has 1 atom stereocenters. The van der Waals surface area contributed by atoms with E-state index in [0.717, 1.165) is 5.56 Å². The van der Waals surface area contributed by atoms with Crippen molar-refractivity contribution < 1.29 is 19.0 Å². The van der Waals surface area contributed by atoms with E-state index < -0.39 is 6.10 Å². The number of hydrogen-bond donors (Lipinski definition) is 1. The van der Waals surface area contributed by atoms with Crippen molar-refractivity contribution in [3.8, 4) is 17.2 Å². The molecule has 1 aliphatic rings. The lowest BCUT2D eigenvalue weighted by molar-refractivity contribution is -0.130. The van der Waals surface area contributed by atoms with E-state index >= 15 is 0 Å². The molecule has 118 valence electrons. The van der Waals surface area contributed by atoms with E-state index in [1.807, 2.05) is 36.4 Å². The lowest BCUT2D eigenvalue weighted by Gasteiger charge is -2.24. The largest absolute Gasteiger partial charge is 0.496 e. The number of hydrazone groups is 1. The van der Waals surface area contributed by atoms with Crippen LogP contribution >= 0.6 is 0 Å². The van der Waals surface area contributed by atoms with Crippen LogP contribution in [0.1, 0.15) is 5.56 Å². The van der Waals surface area contributed by atoms with E-state index in [4.69, 9.17) is 14.2 Å². The number of rotatable bonds is 4. The molecule has 0 saturated carbocycles. The molecule has 0 aromatic heterocycles. The molecule has 2 aromatic carbocycles. The highest BCUT2D eigenvalue weighted by Crippen LogP contribution is 2.30. The second kappa shape index (κ2) is 6.83. The summed E-state index contributed by atoms with van der Waals surface area (Å²) >= 11 is 0. The van der Waals surface area contributed by atoms with Gasteiger partial charge in [0.25, 0.3) is 5.91 Å². The Labute approximate surface area is 133 Å². The fraction of sp³-hybridized carbons (Fsp3) is 0.176. The van der Waals surface area contributed by atoms with E-state index in [-0.39, 0.29) is 12.5 Å². The highest BCUT2D eigenvalue weighted by Gasteiger charge is 2.26. The Bertz CT molecular complexity index is 730. The molecule has 6 heteroatoms. The predicted octanol–water partition coefficient (Wildman–Crippen LogP) is 1.99. The number of nitrogens with zero attached hydrogens (tertiary/aromatic N) is 1. The Hall–Kier alpha value is -3.02. The van der Waals surface area contributed by atoms with Crippen LogP contribution in [0.2, 0.25) is 0 Å². The Morgan fingerprint density at radius 2 is 1.96 bits per heavy atom. The average molecular weight is 312 g/mol. The van der Waals surface area contributed by atoms with Crippen molar-refractivity contribution in [2.45, 2.75) is 6.10 Å². The van der Waals surface area contributed by atoms with Crippen molar-refractivity contribution in [2.24, 2.45) is 5.10 Å². The Morgan fingerprint density at radius 3 is 2.78 bits per heavy atom. The zero-order valence-electron chi connectivity index (χ0n) is 12.6. The van der Waals surface area contributed by atoms with Gasteiger partial charge in [0.15, 0.2) is 11.5 Å². The predicted molar refractivity (Wildman–Crippen MR) is 85.1 cm³/mol. The number of para-hydroxylation sites is 3. The smallest absolute Gasteiger partial charge is 0.284 e. The van der Waals surface area contributed by atoms with Crippen LogP contribution < -0.4 is 19.6 Å². The van der Waals surface area contributed by atoms with Crippen LogP contribution in [0.5, 0.6) is 17.2 Å². The van der Waals surface area contributed by atoms with Gasteiger partial charge >= 0.3 is 0 Å². The summed E-state index contributed by atoms with van der Waals surface area (Å²) in [5, 5.41) is 3.94. The number of carbonyl (C=O) groups is 1. The van der Waals surface area contributed by atoms with Crippen LogP contribution in [0.4, 0.5) is 0 Å². The first-order valence-electron chi connectivity index (χ1n) is 7.12. The maximum absolute atomic E-state index is 12.1. The second-order valence-electron chi connectivity index (χ2n) is 4.84. The van der Waals surface area contributed by atoms with Crippen LogP contribution in [0.15, 0.2) is 53.6 Å². The molecule has 2 aromatic rings. The van der Waals surface area contributed by atoms with Crippen molar-refractivity contribution in [1.82, 2.24) is 5.43 Å². The average Bonchev–Trinajstić information content (AvgIpc) is 2.61. The van der Waals surface area contributed by atoms with Gasteiger partial charge in [-0.3, -0.25) is 4.79 Å². The fourth-order valence-corrected chi connectivity index (χ4v) is 2.16. The lowest BCUT2D eigenvalue weighted by Crippen LogP contribution is -2.42. The van der Waals surface area contributed by atoms with E-state index in [2.05, 4.69) is 10.5 Å². The molecule has 0 spiro atoms. The maximum Gasteiger partial charge on any atom is 0.284 e. The molecule has 0 unspecified atom stereocenters. The molecule has 3 rings (SSSR count). The van der Waals surface area contributed by atoms with E-state index in [1.165, 1.54) is 6.21 Å². The molecular weight excluding hydrogens is 296 g/mol. The minimum Gasteiger partial charge on any atom is -0.496 e. The molecule has 0 aliphatic carbocycles. The molecule has 0 saturated heterocycles. The van der Waals surface area contributed by atoms with E-state index in [0.29, 0.717) is 17.2 Å². The summed E-state index contributed by atoms with van der Waals surface area (Å²) in [6.45, 7) is 0.146. The van der Waals surface area contributed by atoms with Gasteiger partial charge in [-0.2, -0.15) is 5.10 Å². The summed E-state index contributed by atoms with van der Waals surface area (Å²) in [5.41, 5.74) is 3.22. The first kappa shape index (κ1) is 14.9. The third kappa shape index (κ3) is 3.42. The van der Waals surface area contributed by atoms with Crippen LogP contribution in [0.25, 0.3) is 0 Å². The molecule has 1 amide bonds. The summed E-state index contributed by atoms with van der Waals surface area (Å²) in [6.07, 6.45) is 0.786. The zero-order valence-corrected chi connectivity index (χ0v) is 12.6. The van der Waals surface area contributed by atoms with Crippen molar-refractivity contribution in [3.63, 3.8) is 0 Å². The van der Waals surface area contributed by atoms with Crippen LogP contribution in [0, 0.1) is 0 Å². The van der Waals surface area contributed by atoms with E-state index in [1.54, 1.807) is 19.2 Å². The third-order valence-corrected chi connectivity index (χ3v) is 3.32. The van der Waals surface area contributed by atoms with E-state index in [9.17, 15) is 4.79 Å². The van der Waals surface area contributed by atoms with Gasteiger partial charge in [-0.15, -0.1) is 0 Å². The fourth-order valence-electron chi connectivity index (χ4n) is 2.16. The van der Waals surface area contributed by atoms with Crippen LogP contribution in [-0.2, 0) is 4.79 Å². The summed E-state index contributed by atoms with van der Waals surface area (Å²) in [5.74, 6) is 1.49. The molecule has 6 nitrogen and oxygen atoms in total. The highest BCUT2D eigenvalue weighted by molar-refractivity contribution is 5.86. The number of methoxy groups -OCH3 is 1. The molecule has 0 fully saturated rings. The number of fused-ring (bicyclic) bond motifs is 1. The van der Waals surface area contributed by atoms with Crippen molar-refractivity contribution in [3.05, 3.63) is 54.1 Å². The molecule has 1 aliphatic heterocycles. The summed E-state index contributed by atoms with van der Waals surface area (Å²) in [4.78, 5) is 12.1. The maximum atomic E-state index is 12.1. The highest BCUT2D eigenvalue weighted by atomic mass is 16.6. The van der Waals surface area contributed by atoms with Gasteiger partial charge in [0.2, 0.25) is 6.10 Å². The molecule has 0 radical (unpaired) electrons. The minimum absolute atomic E-state index is 0.146. The van der Waals surface area contributed by atoms with Crippen molar-refractivity contribution in [1.29, 1.82) is 0 Å². The summed E-state index contributed by atoms with van der Waals surface area (Å²) in [6, 6.07) is 14.6. The summed E-state index contributed by atoms with van der Waals surface area (Å²) < 4.78 is 16.3. The molecule has 1 heterocycles. The SMILES string of the molecule is COc1ccccc1/C=N\NC(=O)[C@H]1COc2ccccc2O1. The van der Waals surface area contributed by atoms with Crippen molar-refractivity contribution in [2.75, 3.05) is 13.7 Å². The Balaban J connectivity index is 1.61. The van der Waals surface area contributed by atoms with Gasteiger partial charge in [0.05, 0.1) is 13.3 Å². The number of carbonyl (C=O) groups excluding carboxylic acids is 1. The first-order chi connectivity index (χ1) is 11.3. The lowest BCUT2D eigenvalue weighted by atomic mass is 10.2. The number of benzene rings is 2. The molecule has 0 bridgehead atoms. The van der Waals surface area contributed by atoms with Gasteiger partial charge < -0.3 is 14.2 Å². The zero-order chi connectivity index (χ0) is 16.1. The van der Waals surface area contributed by atoms with Gasteiger partial charge in [0, 0.05) is 5.56 Å².